The van der Waals surface area contributed by atoms with Crippen LogP contribution in [0.4, 0.5) is 0 Å². The largest absolute Gasteiger partial charge is 0.465 e. The number of hydrogen-bond donors (Lipinski definition) is 1. The van der Waals surface area contributed by atoms with E-state index in [0.717, 1.165) is 19.5 Å². The topological polar surface area (TPSA) is 41.6 Å². The van der Waals surface area contributed by atoms with E-state index in [9.17, 15) is 4.79 Å². The Bertz CT molecular complexity index is 229. The van der Waals surface area contributed by atoms with Crippen LogP contribution in [0.5, 0.6) is 0 Å². The van der Waals surface area contributed by atoms with Gasteiger partial charge in [-0.3, -0.25) is 9.69 Å². The first-order chi connectivity index (χ1) is 7.58. The molecule has 0 aliphatic carbocycles. The number of ether oxygens (including phenoxy) is 1. The molecule has 102 valence electrons. The van der Waals surface area contributed by atoms with Gasteiger partial charge in [-0.15, -0.1) is 12.4 Å². The Morgan fingerprint density at radius 1 is 1.35 bits per heavy atom. The molecule has 0 saturated carbocycles. The van der Waals surface area contributed by atoms with Crippen molar-refractivity contribution in [2.75, 3.05) is 19.7 Å². The zero-order valence-corrected chi connectivity index (χ0v) is 12.0. The molecule has 1 N–H and O–H groups in total. The molecule has 5 heteroatoms. The van der Waals surface area contributed by atoms with Crippen molar-refractivity contribution in [1.29, 1.82) is 0 Å². The summed E-state index contributed by atoms with van der Waals surface area (Å²) in [5.41, 5.74) is 0. The van der Waals surface area contributed by atoms with E-state index in [2.05, 4.69) is 24.1 Å². The van der Waals surface area contributed by atoms with Gasteiger partial charge in [-0.05, 0) is 27.2 Å². The lowest BCUT2D eigenvalue weighted by Gasteiger charge is -2.39. The van der Waals surface area contributed by atoms with E-state index < -0.39 is 0 Å². The Morgan fingerprint density at radius 3 is 2.29 bits per heavy atom. The second-order valence-electron chi connectivity index (χ2n) is 4.60. The standard InChI is InChI=1S/C12H24N2O2.ClH/c1-5-11(12(15)16-6-2)14-7-9(3)13-10(4)8-14;/h9-11,13H,5-8H2,1-4H3;1H. The fourth-order valence-corrected chi connectivity index (χ4v) is 2.44. The second kappa shape index (κ2) is 7.90. The van der Waals surface area contributed by atoms with E-state index in [1.165, 1.54) is 0 Å². The van der Waals surface area contributed by atoms with Gasteiger partial charge >= 0.3 is 5.97 Å². The third-order valence-corrected chi connectivity index (χ3v) is 2.97. The summed E-state index contributed by atoms with van der Waals surface area (Å²) in [6.45, 7) is 10.5. The van der Waals surface area contributed by atoms with Crippen LogP contribution in [0.2, 0.25) is 0 Å². The van der Waals surface area contributed by atoms with Crippen molar-refractivity contribution >= 4 is 18.4 Å². The van der Waals surface area contributed by atoms with Crippen LogP contribution in [0.1, 0.15) is 34.1 Å². The maximum absolute atomic E-state index is 11.8. The molecular formula is C12H25ClN2O2. The van der Waals surface area contributed by atoms with E-state index in [-0.39, 0.29) is 24.4 Å². The molecule has 0 aromatic rings. The molecule has 1 aliphatic rings. The van der Waals surface area contributed by atoms with Crippen LogP contribution in [0, 0.1) is 0 Å². The van der Waals surface area contributed by atoms with Crippen LogP contribution in [-0.4, -0.2) is 48.7 Å². The molecule has 0 spiro atoms. The van der Waals surface area contributed by atoms with Gasteiger partial charge in [0, 0.05) is 25.2 Å². The molecule has 3 atom stereocenters. The van der Waals surface area contributed by atoms with Crippen molar-refractivity contribution in [1.82, 2.24) is 10.2 Å². The number of piperazine rings is 1. The lowest BCUT2D eigenvalue weighted by atomic mass is 10.1. The number of nitrogens with one attached hydrogen (secondary N) is 1. The number of rotatable bonds is 4. The van der Waals surface area contributed by atoms with E-state index >= 15 is 0 Å². The summed E-state index contributed by atoms with van der Waals surface area (Å²) in [5.74, 6) is -0.0775. The zero-order valence-electron chi connectivity index (χ0n) is 11.2. The van der Waals surface area contributed by atoms with Crippen LogP contribution in [0.15, 0.2) is 0 Å². The third kappa shape index (κ3) is 4.82. The summed E-state index contributed by atoms with van der Waals surface area (Å²) in [6, 6.07) is 0.798. The average Bonchev–Trinajstić information content (AvgIpc) is 2.17. The molecule has 1 saturated heterocycles. The van der Waals surface area contributed by atoms with Gasteiger partial charge < -0.3 is 10.1 Å². The van der Waals surface area contributed by atoms with Crippen molar-refractivity contribution in [3.05, 3.63) is 0 Å². The van der Waals surface area contributed by atoms with Gasteiger partial charge in [0.1, 0.15) is 6.04 Å². The van der Waals surface area contributed by atoms with E-state index in [1.807, 2.05) is 13.8 Å². The fourth-order valence-electron chi connectivity index (χ4n) is 2.44. The van der Waals surface area contributed by atoms with E-state index in [1.54, 1.807) is 0 Å². The Morgan fingerprint density at radius 2 is 1.88 bits per heavy atom. The van der Waals surface area contributed by atoms with Crippen molar-refractivity contribution in [3.8, 4) is 0 Å². The minimum atomic E-state index is -0.0775. The maximum Gasteiger partial charge on any atom is 0.323 e. The van der Waals surface area contributed by atoms with Crippen molar-refractivity contribution in [3.63, 3.8) is 0 Å². The summed E-state index contributed by atoms with van der Waals surface area (Å²) in [4.78, 5) is 14.0. The molecule has 0 radical (unpaired) electrons. The molecule has 1 aliphatic heterocycles. The molecule has 0 bridgehead atoms. The predicted octanol–water partition coefficient (Wildman–Crippen LogP) is 1.43. The van der Waals surface area contributed by atoms with Gasteiger partial charge in [-0.2, -0.15) is 0 Å². The second-order valence-corrected chi connectivity index (χ2v) is 4.60. The normalized spacial score (nSPS) is 27.1. The molecule has 17 heavy (non-hydrogen) atoms. The lowest BCUT2D eigenvalue weighted by Crippen LogP contribution is -2.58. The molecule has 0 aromatic heterocycles. The molecular weight excluding hydrogens is 240 g/mol. The Labute approximate surface area is 110 Å². The number of carbonyl (C=O) groups excluding carboxylic acids is 1. The first-order valence-corrected chi connectivity index (χ1v) is 6.25. The van der Waals surface area contributed by atoms with Crippen LogP contribution in [-0.2, 0) is 9.53 Å². The summed E-state index contributed by atoms with van der Waals surface area (Å²) < 4.78 is 5.12. The van der Waals surface area contributed by atoms with E-state index in [0.29, 0.717) is 18.7 Å². The van der Waals surface area contributed by atoms with Gasteiger partial charge in [0.25, 0.3) is 0 Å². The van der Waals surface area contributed by atoms with Gasteiger partial charge in [0.15, 0.2) is 0 Å². The predicted molar refractivity (Wildman–Crippen MR) is 71.6 cm³/mol. The van der Waals surface area contributed by atoms with Gasteiger partial charge in [0.05, 0.1) is 6.61 Å². The van der Waals surface area contributed by atoms with Gasteiger partial charge in [0.2, 0.25) is 0 Å². The van der Waals surface area contributed by atoms with Gasteiger partial charge in [-0.1, -0.05) is 6.92 Å². The molecule has 0 amide bonds. The molecule has 3 unspecified atom stereocenters. The number of carbonyl (C=O) groups is 1. The Kier molecular flexibility index (Phi) is 7.75. The molecule has 4 nitrogen and oxygen atoms in total. The summed E-state index contributed by atoms with van der Waals surface area (Å²) in [7, 11) is 0. The average molecular weight is 265 g/mol. The molecule has 1 heterocycles. The Balaban J connectivity index is 0.00000256. The highest BCUT2D eigenvalue weighted by Crippen LogP contribution is 2.12. The van der Waals surface area contributed by atoms with Crippen LogP contribution in [0.25, 0.3) is 0 Å². The Hall–Kier alpha value is -0.320. The minimum Gasteiger partial charge on any atom is -0.465 e. The van der Waals surface area contributed by atoms with Crippen molar-refractivity contribution < 1.29 is 9.53 Å². The monoisotopic (exact) mass is 264 g/mol. The molecule has 1 fully saturated rings. The summed E-state index contributed by atoms with van der Waals surface area (Å²) in [5, 5.41) is 3.47. The van der Waals surface area contributed by atoms with E-state index in [4.69, 9.17) is 4.74 Å². The number of halogens is 1. The first-order valence-electron chi connectivity index (χ1n) is 6.25. The van der Waals surface area contributed by atoms with Crippen molar-refractivity contribution in [2.24, 2.45) is 0 Å². The lowest BCUT2D eigenvalue weighted by molar-refractivity contribution is -0.150. The summed E-state index contributed by atoms with van der Waals surface area (Å²) in [6.07, 6.45) is 0.818. The van der Waals surface area contributed by atoms with Crippen LogP contribution >= 0.6 is 12.4 Å². The number of hydrogen-bond acceptors (Lipinski definition) is 4. The third-order valence-electron chi connectivity index (χ3n) is 2.97. The highest BCUT2D eigenvalue weighted by molar-refractivity contribution is 5.85. The summed E-state index contributed by atoms with van der Waals surface area (Å²) >= 11 is 0. The zero-order chi connectivity index (χ0) is 12.1. The van der Waals surface area contributed by atoms with Crippen LogP contribution < -0.4 is 5.32 Å². The smallest absolute Gasteiger partial charge is 0.323 e. The quantitative estimate of drug-likeness (QED) is 0.780. The van der Waals surface area contributed by atoms with Crippen molar-refractivity contribution in [2.45, 2.75) is 52.2 Å². The highest BCUT2D eigenvalue weighted by atomic mass is 35.5. The molecule has 0 aromatic carbocycles. The minimum absolute atomic E-state index is 0. The highest BCUT2D eigenvalue weighted by Gasteiger charge is 2.30. The number of esters is 1. The number of nitrogens with zero attached hydrogens (tertiary/aromatic N) is 1. The maximum atomic E-state index is 11.8. The fraction of sp³-hybridized carbons (Fsp3) is 0.917. The van der Waals surface area contributed by atoms with Gasteiger partial charge in [-0.25, -0.2) is 0 Å². The molecule has 1 rings (SSSR count). The first kappa shape index (κ1) is 16.7. The SMILES string of the molecule is CCOC(=O)C(CC)N1CC(C)NC(C)C1.Cl. The van der Waals surface area contributed by atoms with Crippen LogP contribution in [0.3, 0.4) is 0 Å².